The summed E-state index contributed by atoms with van der Waals surface area (Å²) >= 11 is 0. The van der Waals surface area contributed by atoms with E-state index in [1.54, 1.807) is 0 Å². The summed E-state index contributed by atoms with van der Waals surface area (Å²) in [7, 11) is 0. The van der Waals surface area contributed by atoms with Crippen LogP contribution in [0.15, 0.2) is 0 Å². The van der Waals surface area contributed by atoms with Gasteiger partial charge in [0.2, 0.25) is 0 Å². The van der Waals surface area contributed by atoms with E-state index in [9.17, 15) is 0 Å². The number of hydrogen-bond acceptors (Lipinski definition) is 1. The Hall–Kier alpha value is -0.480. The lowest BCUT2D eigenvalue weighted by molar-refractivity contribution is 0.155. The van der Waals surface area contributed by atoms with E-state index in [1.165, 1.54) is 19.3 Å². The maximum absolute atomic E-state index is 5.25. The van der Waals surface area contributed by atoms with E-state index in [0.29, 0.717) is 5.41 Å². The van der Waals surface area contributed by atoms with E-state index in [4.69, 9.17) is 6.42 Å². The first-order valence-corrected chi connectivity index (χ1v) is 4.36. The van der Waals surface area contributed by atoms with Crippen molar-refractivity contribution in [2.24, 2.45) is 5.41 Å². The zero-order valence-electron chi connectivity index (χ0n) is 7.48. The molecule has 0 amide bonds. The molecule has 1 N–H and O–H groups in total. The Balaban J connectivity index is 2.17. The molecule has 11 heavy (non-hydrogen) atoms. The van der Waals surface area contributed by atoms with Crippen LogP contribution in [0.2, 0.25) is 0 Å². The van der Waals surface area contributed by atoms with Crippen molar-refractivity contribution in [1.82, 2.24) is 5.32 Å². The Labute approximate surface area is 69.6 Å². The van der Waals surface area contributed by atoms with Gasteiger partial charge in [0.1, 0.15) is 0 Å². The highest BCUT2D eigenvalue weighted by atomic mass is 14.9. The van der Waals surface area contributed by atoms with Crippen molar-refractivity contribution in [3.8, 4) is 12.3 Å². The SMILES string of the molecule is C#CC(C)NCC1(C)CCC1. The Morgan fingerprint density at radius 3 is 2.64 bits per heavy atom. The van der Waals surface area contributed by atoms with Crippen LogP contribution >= 0.6 is 0 Å². The monoisotopic (exact) mass is 151 g/mol. The molecule has 1 unspecified atom stereocenters. The molecule has 1 aliphatic carbocycles. The van der Waals surface area contributed by atoms with Gasteiger partial charge in [0.25, 0.3) is 0 Å². The fraction of sp³-hybridized carbons (Fsp3) is 0.800. The second-order valence-electron chi connectivity index (χ2n) is 3.93. The molecule has 0 aromatic heterocycles. The van der Waals surface area contributed by atoms with Crippen molar-refractivity contribution in [1.29, 1.82) is 0 Å². The molecule has 62 valence electrons. The largest absolute Gasteiger partial charge is 0.303 e. The molecule has 1 saturated carbocycles. The summed E-state index contributed by atoms with van der Waals surface area (Å²) in [5, 5.41) is 3.34. The van der Waals surface area contributed by atoms with Crippen LogP contribution in [0.1, 0.15) is 33.1 Å². The quantitative estimate of drug-likeness (QED) is 0.606. The van der Waals surface area contributed by atoms with E-state index < -0.39 is 0 Å². The number of terminal acetylenes is 1. The third-order valence-electron chi connectivity index (χ3n) is 2.65. The van der Waals surface area contributed by atoms with Gasteiger partial charge >= 0.3 is 0 Å². The van der Waals surface area contributed by atoms with E-state index >= 15 is 0 Å². The molecule has 0 aromatic rings. The zero-order chi connectivity index (χ0) is 8.32. The van der Waals surface area contributed by atoms with Gasteiger partial charge in [-0.15, -0.1) is 6.42 Å². The summed E-state index contributed by atoms with van der Waals surface area (Å²) in [6.45, 7) is 5.44. The minimum absolute atomic E-state index is 0.229. The van der Waals surface area contributed by atoms with Crippen LogP contribution in [0.25, 0.3) is 0 Å². The van der Waals surface area contributed by atoms with E-state index in [1.807, 2.05) is 6.92 Å². The fourth-order valence-electron chi connectivity index (χ4n) is 1.42. The first kappa shape index (κ1) is 8.62. The molecule has 0 saturated heterocycles. The number of nitrogens with one attached hydrogen (secondary N) is 1. The highest BCUT2D eigenvalue weighted by Crippen LogP contribution is 2.39. The maximum Gasteiger partial charge on any atom is 0.0658 e. The van der Waals surface area contributed by atoms with Crippen molar-refractivity contribution in [2.75, 3.05) is 6.54 Å². The van der Waals surface area contributed by atoms with Crippen LogP contribution in [-0.2, 0) is 0 Å². The average molecular weight is 151 g/mol. The van der Waals surface area contributed by atoms with Crippen LogP contribution in [0.4, 0.5) is 0 Å². The minimum Gasteiger partial charge on any atom is -0.303 e. The van der Waals surface area contributed by atoms with Gasteiger partial charge in [-0.25, -0.2) is 0 Å². The summed E-state index contributed by atoms with van der Waals surface area (Å²) in [6.07, 6.45) is 9.36. The summed E-state index contributed by atoms with van der Waals surface area (Å²) in [6, 6.07) is 0.229. The molecule has 1 nitrogen and oxygen atoms in total. The Morgan fingerprint density at radius 1 is 1.64 bits per heavy atom. The Kier molecular flexibility index (Phi) is 2.57. The summed E-state index contributed by atoms with van der Waals surface area (Å²) in [4.78, 5) is 0. The molecule has 0 heterocycles. The molecule has 1 rings (SSSR count). The predicted octanol–water partition coefficient (Wildman–Crippen LogP) is 1.79. The normalized spacial score (nSPS) is 23.4. The van der Waals surface area contributed by atoms with Crippen molar-refractivity contribution in [2.45, 2.75) is 39.2 Å². The second kappa shape index (κ2) is 3.28. The van der Waals surface area contributed by atoms with Crippen LogP contribution in [0.3, 0.4) is 0 Å². The Morgan fingerprint density at radius 2 is 2.27 bits per heavy atom. The lowest BCUT2D eigenvalue weighted by atomic mass is 9.70. The van der Waals surface area contributed by atoms with Gasteiger partial charge in [0.15, 0.2) is 0 Å². The van der Waals surface area contributed by atoms with Gasteiger partial charge in [0.05, 0.1) is 6.04 Å². The third kappa shape index (κ3) is 2.24. The number of hydrogen-bond donors (Lipinski definition) is 1. The molecular formula is C10H17N. The lowest BCUT2D eigenvalue weighted by Gasteiger charge is -2.39. The molecule has 0 aromatic carbocycles. The first-order valence-electron chi connectivity index (χ1n) is 4.36. The van der Waals surface area contributed by atoms with Crippen molar-refractivity contribution in [3.63, 3.8) is 0 Å². The molecule has 0 radical (unpaired) electrons. The standard InChI is InChI=1S/C10H17N/c1-4-9(2)11-8-10(3)6-5-7-10/h1,9,11H,5-8H2,2-3H3. The highest BCUT2D eigenvalue weighted by Gasteiger charge is 2.31. The van der Waals surface area contributed by atoms with Crippen LogP contribution in [-0.4, -0.2) is 12.6 Å². The van der Waals surface area contributed by atoms with Gasteiger partial charge in [-0.1, -0.05) is 19.3 Å². The smallest absolute Gasteiger partial charge is 0.0658 e. The molecule has 0 bridgehead atoms. The Bertz CT molecular complexity index is 162. The van der Waals surface area contributed by atoms with Gasteiger partial charge in [-0.05, 0) is 25.2 Å². The molecule has 1 heteroatoms. The van der Waals surface area contributed by atoms with Crippen LogP contribution < -0.4 is 5.32 Å². The van der Waals surface area contributed by atoms with Gasteiger partial charge in [-0.3, -0.25) is 0 Å². The van der Waals surface area contributed by atoms with Gasteiger partial charge in [-0.2, -0.15) is 0 Å². The molecular weight excluding hydrogens is 134 g/mol. The predicted molar refractivity (Wildman–Crippen MR) is 48.3 cm³/mol. The van der Waals surface area contributed by atoms with E-state index in [-0.39, 0.29) is 6.04 Å². The molecule has 1 fully saturated rings. The molecule has 0 spiro atoms. The summed E-state index contributed by atoms with van der Waals surface area (Å²) in [5.74, 6) is 2.67. The summed E-state index contributed by atoms with van der Waals surface area (Å²) in [5.41, 5.74) is 0.547. The van der Waals surface area contributed by atoms with Crippen molar-refractivity contribution >= 4 is 0 Å². The topological polar surface area (TPSA) is 12.0 Å². The van der Waals surface area contributed by atoms with Crippen molar-refractivity contribution < 1.29 is 0 Å². The summed E-state index contributed by atoms with van der Waals surface area (Å²) < 4.78 is 0. The van der Waals surface area contributed by atoms with E-state index in [2.05, 4.69) is 18.2 Å². The maximum atomic E-state index is 5.25. The van der Waals surface area contributed by atoms with E-state index in [0.717, 1.165) is 6.54 Å². The third-order valence-corrected chi connectivity index (χ3v) is 2.65. The van der Waals surface area contributed by atoms with Gasteiger partial charge in [0, 0.05) is 6.54 Å². The first-order chi connectivity index (χ1) is 5.16. The molecule has 0 aliphatic heterocycles. The average Bonchev–Trinajstić information content (AvgIpc) is 1.96. The minimum atomic E-state index is 0.229. The van der Waals surface area contributed by atoms with Crippen molar-refractivity contribution in [3.05, 3.63) is 0 Å². The zero-order valence-corrected chi connectivity index (χ0v) is 7.48. The van der Waals surface area contributed by atoms with Crippen LogP contribution in [0, 0.1) is 17.8 Å². The molecule has 1 aliphatic rings. The highest BCUT2D eigenvalue weighted by molar-refractivity contribution is 4.97. The lowest BCUT2D eigenvalue weighted by Crippen LogP contribution is -2.40. The number of rotatable bonds is 3. The fourth-order valence-corrected chi connectivity index (χ4v) is 1.42. The van der Waals surface area contributed by atoms with Gasteiger partial charge < -0.3 is 5.32 Å². The molecule has 1 atom stereocenters. The second-order valence-corrected chi connectivity index (χ2v) is 3.93. The van der Waals surface area contributed by atoms with Crippen LogP contribution in [0.5, 0.6) is 0 Å².